The predicted octanol–water partition coefficient (Wildman–Crippen LogP) is 4.33. The Labute approximate surface area is 164 Å². The van der Waals surface area contributed by atoms with Gasteiger partial charge in [-0.2, -0.15) is 0 Å². The second kappa shape index (κ2) is 8.48. The first kappa shape index (κ1) is 18.6. The molecule has 5 nitrogen and oxygen atoms in total. The van der Waals surface area contributed by atoms with Gasteiger partial charge in [-0.15, -0.1) is 0 Å². The van der Waals surface area contributed by atoms with Crippen LogP contribution in [0.5, 0.6) is 11.5 Å². The first-order chi connectivity index (χ1) is 13.7. The minimum Gasteiger partial charge on any atom is -0.497 e. The van der Waals surface area contributed by atoms with Gasteiger partial charge in [-0.05, 0) is 62.3 Å². The molecule has 2 heterocycles. The van der Waals surface area contributed by atoms with Gasteiger partial charge in [0.15, 0.2) is 5.43 Å². The lowest BCUT2D eigenvalue weighted by Gasteiger charge is -2.26. The largest absolute Gasteiger partial charge is 0.497 e. The van der Waals surface area contributed by atoms with Crippen molar-refractivity contribution in [1.82, 2.24) is 4.90 Å². The van der Waals surface area contributed by atoms with Gasteiger partial charge >= 0.3 is 0 Å². The van der Waals surface area contributed by atoms with Gasteiger partial charge in [0.05, 0.1) is 12.5 Å². The Balaban J connectivity index is 1.52. The van der Waals surface area contributed by atoms with Gasteiger partial charge in [-0.3, -0.25) is 9.69 Å². The summed E-state index contributed by atoms with van der Waals surface area (Å²) < 4.78 is 17.1. The summed E-state index contributed by atoms with van der Waals surface area (Å²) in [5.74, 6) is 2.02. The first-order valence-electron chi connectivity index (χ1n) is 9.80. The van der Waals surface area contributed by atoms with Crippen molar-refractivity contribution in [1.29, 1.82) is 0 Å². The van der Waals surface area contributed by atoms with Crippen molar-refractivity contribution in [2.75, 3.05) is 33.4 Å². The van der Waals surface area contributed by atoms with E-state index in [9.17, 15) is 4.79 Å². The van der Waals surface area contributed by atoms with Gasteiger partial charge in [-0.25, -0.2) is 0 Å². The molecule has 5 heteroatoms. The fourth-order valence-electron chi connectivity index (χ4n) is 3.60. The fourth-order valence-corrected chi connectivity index (χ4v) is 3.60. The molecule has 0 radical (unpaired) electrons. The number of piperidine rings is 1. The monoisotopic (exact) mass is 379 g/mol. The third kappa shape index (κ3) is 4.20. The van der Waals surface area contributed by atoms with Crippen LogP contribution in [-0.2, 0) is 0 Å². The highest BCUT2D eigenvalue weighted by Gasteiger charge is 2.11. The molecule has 4 rings (SSSR count). The summed E-state index contributed by atoms with van der Waals surface area (Å²) in [5, 5.41) is 0.556. The average Bonchev–Trinajstić information content (AvgIpc) is 2.74. The highest BCUT2D eigenvalue weighted by molar-refractivity contribution is 5.80. The number of likely N-dealkylation sites (tertiary alicyclic amines) is 1. The quantitative estimate of drug-likeness (QED) is 0.638. The van der Waals surface area contributed by atoms with Crippen LogP contribution in [0.2, 0.25) is 0 Å². The van der Waals surface area contributed by atoms with Crippen molar-refractivity contribution in [3.63, 3.8) is 0 Å². The molecule has 0 atom stereocenters. The van der Waals surface area contributed by atoms with Crippen LogP contribution >= 0.6 is 0 Å². The van der Waals surface area contributed by atoms with Crippen LogP contribution < -0.4 is 14.9 Å². The fraction of sp³-hybridized carbons (Fsp3) is 0.348. The highest BCUT2D eigenvalue weighted by atomic mass is 16.5. The van der Waals surface area contributed by atoms with Crippen molar-refractivity contribution in [3.8, 4) is 22.8 Å². The Hall–Kier alpha value is -2.79. The van der Waals surface area contributed by atoms with Gasteiger partial charge in [0, 0.05) is 24.2 Å². The van der Waals surface area contributed by atoms with Crippen LogP contribution in [0.25, 0.3) is 22.3 Å². The summed E-state index contributed by atoms with van der Waals surface area (Å²) in [6.45, 7) is 3.87. The minimum absolute atomic E-state index is 0.0630. The standard InChI is InChI=1S/C23H25NO4/c1-26-18-7-5-17(6-8-18)22-16-21(25)20-10-9-19(15-23(20)28-22)27-14-13-24-11-3-2-4-12-24/h5-10,15-16H,2-4,11-14H2,1H3. The third-order valence-electron chi connectivity index (χ3n) is 5.20. The molecule has 0 bridgehead atoms. The predicted molar refractivity (Wildman–Crippen MR) is 110 cm³/mol. The van der Waals surface area contributed by atoms with E-state index in [0.717, 1.165) is 36.7 Å². The summed E-state index contributed by atoms with van der Waals surface area (Å²) in [6.07, 6.45) is 3.88. The van der Waals surface area contributed by atoms with E-state index in [-0.39, 0.29) is 5.43 Å². The van der Waals surface area contributed by atoms with Crippen LogP contribution in [0.3, 0.4) is 0 Å². The van der Waals surface area contributed by atoms with E-state index in [4.69, 9.17) is 13.9 Å². The van der Waals surface area contributed by atoms with E-state index in [1.54, 1.807) is 19.2 Å². The van der Waals surface area contributed by atoms with Gasteiger partial charge in [0.2, 0.25) is 0 Å². The zero-order valence-corrected chi connectivity index (χ0v) is 16.1. The topological polar surface area (TPSA) is 51.9 Å². The normalized spacial score (nSPS) is 14.9. The zero-order valence-electron chi connectivity index (χ0n) is 16.1. The van der Waals surface area contributed by atoms with Crippen LogP contribution in [0.1, 0.15) is 19.3 Å². The first-order valence-corrected chi connectivity index (χ1v) is 9.80. The lowest BCUT2D eigenvalue weighted by atomic mass is 10.1. The summed E-state index contributed by atoms with van der Waals surface area (Å²) in [4.78, 5) is 14.9. The molecule has 2 aromatic carbocycles. The van der Waals surface area contributed by atoms with Crippen LogP contribution in [-0.4, -0.2) is 38.3 Å². The molecule has 1 aromatic heterocycles. The molecular weight excluding hydrogens is 354 g/mol. The molecule has 0 spiro atoms. The smallest absolute Gasteiger partial charge is 0.193 e. The number of hydrogen-bond acceptors (Lipinski definition) is 5. The van der Waals surface area contributed by atoms with Gasteiger partial charge in [0.25, 0.3) is 0 Å². The maximum Gasteiger partial charge on any atom is 0.193 e. The van der Waals surface area contributed by atoms with Gasteiger partial charge in [-0.1, -0.05) is 6.42 Å². The second-order valence-electron chi connectivity index (χ2n) is 7.11. The number of methoxy groups -OCH3 is 1. The Morgan fingerprint density at radius 2 is 1.71 bits per heavy atom. The van der Waals surface area contributed by atoms with E-state index >= 15 is 0 Å². The van der Waals surface area contributed by atoms with Crippen LogP contribution in [0, 0.1) is 0 Å². The van der Waals surface area contributed by atoms with Crippen LogP contribution in [0.15, 0.2) is 57.7 Å². The lowest BCUT2D eigenvalue weighted by molar-refractivity contribution is 0.183. The van der Waals surface area contributed by atoms with Crippen molar-refractivity contribution in [3.05, 3.63) is 58.8 Å². The lowest BCUT2D eigenvalue weighted by Crippen LogP contribution is -2.33. The summed E-state index contributed by atoms with van der Waals surface area (Å²) in [7, 11) is 1.62. The molecule has 0 saturated carbocycles. The maximum atomic E-state index is 12.5. The molecule has 0 unspecified atom stereocenters. The van der Waals surface area contributed by atoms with E-state index in [0.29, 0.717) is 23.3 Å². The third-order valence-corrected chi connectivity index (χ3v) is 5.20. The second-order valence-corrected chi connectivity index (χ2v) is 7.11. The Kier molecular flexibility index (Phi) is 5.63. The molecule has 1 fully saturated rings. The van der Waals surface area contributed by atoms with Gasteiger partial charge in [0.1, 0.15) is 29.4 Å². The van der Waals surface area contributed by atoms with E-state index < -0.39 is 0 Å². The van der Waals surface area contributed by atoms with E-state index in [2.05, 4.69) is 4.90 Å². The molecule has 1 saturated heterocycles. The average molecular weight is 379 g/mol. The number of ether oxygens (including phenoxy) is 2. The van der Waals surface area contributed by atoms with Gasteiger partial charge < -0.3 is 13.9 Å². The number of fused-ring (bicyclic) bond motifs is 1. The number of rotatable bonds is 6. The zero-order chi connectivity index (χ0) is 19.3. The Bertz CT molecular complexity index is 988. The Morgan fingerprint density at radius 1 is 0.964 bits per heavy atom. The molecule has 0 amide bonds. The summed E-state index contributed by atoms with van der Waals surface area (Å²) in [5.41, 5.74) is 1.30. The van der Waals surface area contributed by atoms with Crippen LogP contribution in [0.4, 0.5) is 0 Å². The molecule has 146 valence electrons. The molecular formula is C23H25NO4. The van der Waals surface area contributed by atoms with Crippen molar-refractivity contribution < 1.29 is 13.9 Å². The van der Waals surface area contributed by atoms with E-state index in [1.165, 1.54) is 25.3 Å². The van der Waals surface area contributed by atoms with Crippen molar-refractivity contribution in [2.45, 2.75) is 19.3 Å². The number of hydrogen-bond donors (Lipinski definition) is 0. The minimum atomic E-state index is -0.0630. The highest BCUT2D eigenvalue weighted by Crippen LogP contribution is 2.26. The van der Waals surface area contributed by atoms with Crippen molar-refractivity contribution in [2.24, 2.45) is 0 Å². The molecule has 0 N–H and O–H groups in total. The molecule has 1 aliphatic rings. The van der Waals surface area contributed by atoms with E-state index in [1.807, 2.05) is 30.3 Å². The number of nitrogens with zero attached hydrogens (tertiary/aromatic N) is 1. The molecule has 28 heavy (non-hydrogen) atoms. The molecule has 1 aliphatic heterocycles. The van der Waals surface area contributed by atoms with Crippen molar-refractivity contribution >= 4 is 11.0 Å². The summed E-state index contributed by atoms with van der Waals surface area (Å²) in [6, 6.07) is 14.4. The Morgan fingerprint density at radius 3 is 2.46 bits per heavy atom. The summed E-state index contributed by atoms with van der Waals surface area (Å²) >= 11 is 0. The molecule has 0 aliphatic carbocycles. The molecule has 3 aromatic rings. The number of benzene rings is 2. The maximum absolute atomic E-state index is 12.5. The SMILES string of the molecule is COc1ccc(-c2cc(=O)c3ccc(OCCN4CCCCC4)cc3o2)cc1.